The quantitative estimate of drug-likeness (QED) is 0.264. The van der Waals surface area contributed by atoms with Crippen molar-refractivity contribution >= 4 is 0 Å². The molecule has 0 heterocycles. The Kier molecular flexibility index (Phi) is 6.13. The number of nitrogens with one attached hydrogen (secondary N) is 1. The molecular formula is C7H17NO5. The first-order chi connectivity index (χ1) is 6.04. The van der Waals surface area contributed by atoms with Gasteiger partial charge in [0.1, 0.15) is 18.3 Å². The lowest BCUT2D eigenvalue weighted by molar-refractivity contribution is -0.113. The van der Waals surface area contributed by atoms with Gasteiger partial charge in [-0.25, -0.2) is 0 Å². The van der Waals surface area contributed by atoms with Crippen molar-refractivity contribution in [3.05, 3.63) is 0 Å². The van der Waals surface area contributed by atoms with Gasteiger partial charge in [-0.2, -0.15) is 0 Å². The molecule has 0 amide bonds. The van der Waals surface area contributed by atoms with Crippen molar-refractivity contribution in [2.45, 2.75) is 24.4 Å². The van der Waals surface area contributed by atoms with Gasteiger partial charge < -0.3 is 30.8 Å². The molecule has 0 saturated heterocycles. The monoisotopic (exact) mass is 195 g/mol. The fraction of sp³-hybridized carbons (Fsp3) is 1.00. The molecule has 6 heteroatoms. The Bertz CT molecular complexity index is 134. The van der Waals surface area contributed by atoms with Gasteiger partial charge in [-0.05, 0) is 7.05 Å². The molecule has 4 atom stereocenters. The minimum absolute atomic E-state index is 0.0936. The zero-order valence-electron chi connectivity index (χ0n) is 7.46. The van der Waals surface area contributed by atoms with Crippen LogP contribution in [0.15, 0.2) is 0 Å². The molecular weight excluding hydrogens is 178 g/mol. The van der Waals surface area contributed by atoms with E-state index in [0.717, 1.165) is 0 Å². The zero-order valence-corrected chi connectivity index (χ0v) is 7.46. The third-order valence-electron chi connectivity index (χ3n) is 1.74. The van der Waals surface area contributed by atoms with Crippen LogP contribution in [0.1, 0.15) is 0 Å². The second-order valence-corrected chi connectivity index (χ2v) is 2.86. The largest absolute Gasteiger partial charge is 0.394 e. The third-order valence-corrected chi connectivity index (χ3v) is 1.74. The van der Waals surface area contributed by atoms with Gasteiger partial charge >= 0.3 is 0 Å². The summed E-state index contributed by atoms with van der Waals surface area (Å²) in [6.07, 6.45) is -5.65. The van der Waals surface area contributed by atoms with E-state index in [1.165, 1.54) is 0 Å². The first-order valence-electron chi connectivity index (χ1n) is 4.02. The van der Waals surface area contributed by atoms with Crippen LogP contribution in [-0.4, -0.2) is 70.1 Å². The summed E-state index contributed by atoms with van der Waals surface area (Å²) >= 11 is 0. The molecule has 0 aromatic rings. The summed E-state index contributed by atoms with van der Waals surface area (Å²) in [6.45, 7) is -0.569. The van der Waals surface area contributed by atoms with Crippen LogP contribution in [0.5, 0.6) is 0 Å². The molecule has 0 aliphatic carbocycles. The Morgan fingerprint density at radius 2 is 1.46 bits per heavy atom. The van der Waals surface area contributed by atoms with E-state index in [2.05, 4.69) is 5.32 Å². The number of aliphatic hydroxyl groups excluding tert-OH is 5. The maximum Gasteiger partial charge on any atom is 0.111 e. The highest BCUT2D eigenvalue weighted by Gasteiger charge is 2.29. The van der Waals surface area contributed by atoms with Crippen LogP contribution >= 0.6 is 0 Å². The Morgan fingerprint density at radius 1 is 1.00 bits per heavy atom. The molecule has 0 spiro atoms. The summed E-state index contributed by atoms with van der Waals surface area (Å²) in [7, 11) is 1.57. The van der Waals surface area contributed by atoms with E-state index in [1.54, 1.807) is 7.05 Å². The summed E-state index contributed by atoms with van der Waals surface area (Å²) in [5.41, 5.74) is 0. The van der Waals surface area contributed by atoms with Crippen LogP contribution in [0.3, 0.4) is 0 Å². The summed E-state index contributed by atoms with van der Waals surface area (Å²) in [6, 6.07) is 0. The molecule has 0 radical (unpaired) electrons. The summed E-state index contributed by atoms with van der Waals surface area (Å²) in [4.78, 5) is 0. The van der Waals surface area contributed by atoms with E-state index < -0.39 is 31.0 Å². The Hall–Kier alpha value is -0.240. The number of likely N-dealkylation sites (N-methyl/N-ethyl adjacent to an activating group) is 1. The van der Waals surface area contributed by atoms with Crippen molar-refractivity contribution in [2.24, 2.45) is 0 Å². The second-order valence-electron chi connectivity index (χ2n) is 2.86. The maximum absolute atomic E-state index is 9.21. The Balaban J connectivity index is 3.99. The van der Waals surface area contributed by atoms with E-state index in [1.807, 2.05) is 0 Å². The van der Waals surface area contributed by atoms with Gasteiger partial charge in [0, 0.05) is 6.54 Å². The number of hydrogen-bond donors (Lipinski definition) is 6. The fourth-order valence-electron chi connectivity index (χ4n) is 0.893. The summed E-state index contributed by atoms with van der Waals surface area (Å²) < 4.78 is 0. The van der Waals surface area contributed by atoms with Gasteiger partial charge in [-0.15, -0.1) is 0 Å². The van der Waals surface area contributed by atoms with Crippen LogP contribution in [0.25, 0.3) is 0 Å². The average Bonchev–Trinajstić information content (AvgIpc) is 2.14. The summed E-state index contributed by atoms with van der Waals surface area (Å²) in [5, 5.41) is 47.5. The minimum atomic E-state index is -1.55. The molecule has 2 unspecified atom stereocenters. The normalized spacial score (nSPS) is 20.8. The van der Waals surface area contributed by atoms with Gasteiger partial charge in [0.15, 0.2) is 0 Å². The second kappa shape index (κ2) is 6.25. The van der Waals surface area contributed by atoms with E-state index in [4.69, 9.17) is 20.4 Å². The third kappa shape index (κ3) is 3.99. The minimum Gasteiger partial charge on any atom is -0.394 e. The van der Waals surface area contributed by atoms with Crippen molar-refractivity contribution in [2.75, 3.05) is 20.2 Å². The van der Waals surface area contributed by atoms with Gasteiger partial charge in [-0.3, -0.25) is 0 Å². The van der Waals surface area contributed by atoms with E-state index in [9.17, 15) is 5.11 Å². The lowest BCUT2D eigenvalue weighted by Gasteiger charge is -2.25. The van der Waals surface area contributed by atoms with Crippen LogP contribution in [0.4, 0.5) is 0 Å². The van der Waals surface area contributed by atoms with Gasteiger partial charge in [-0.1, -0.05) is 0 Å². The molecule has 0 fully saturated rings. The summed E-state index contributed by atoms with van der Waals surface area (Å²) in [5.74, 6) is 0. The van der Waals surface area contributed by atoms with Crippen LogP contribution in [0.2, 0.25) is 0 Å². The Labute approximate surface area is 76.4 Å². The van der Waals surface area contributed by atoms with Crippen molar-refractivity contribution in [3.8, 4) is 0 Å². The van der Waals surface area contributed by atoms with Gasteiger partial charge in [0.2, 0.25) is 0 Å². The Morgan fingerprint density at radius 3 is 1.85 bits per heavy atom. The van der Waals surface area contributed by atoms with Crippen molar-refractivity contribution in [1.82, 2.24) is 5.32 Å². The topological polar surface area (TPSA) is 113 Å². The lowest BCUT2D eigenvalue weighted by atomic mass is 10.0. The average molecular weight is 195 g/mol. The van der Waals surface area contributed by atoms with Crippen LogP contribution in [0, 0.1) is 0 Å². The van der Waals surface area contributed by atoms with E-state index in [-0.39, 0.29) is 6.54 Å². The molecule has 0 rings (SSSR count). The molecule has 0 aromatic carbocycles. The number of hydrogen-bond acceptors (Lipinski definition) is 6. The maximum atomic E-state index is 9.21. The smallest absolute Gasteiger partial charge is 0.111 e. The molecule has 6 N–H and O–H groups in total. The molecule has 0 aliphatic rings. The molecule has 80 valence electrons. The van der Waals surface area contributed by atoms with Crippen molar-refractivity contribution < 1.29 is 25.5 Å². The van der Waals surface area contributed by atoms with E-state index in [0.29, 0.717) is 0 Å². The van der Waals surface area contributed by atoms with E-state index >= 15 is 0 Å². The first kappa shape index (κ1) is 12.8. The highest BCUT2D eigenvalue weighted by Crippen LogP contribution is 2.04. The highest BCUT2D eigenvalue weighted by atomic mass is 16.4. The van der Waals surface area contributed by atoms with Gasteiger partial charge in [0.25, 0.3) is 0 Å². The fourth-order valence-corrected chi connectivity index (χ4v) is 0.893. The molecule has 0 saturated carbocycles. The van der Waals surface area contributed by atoms with Gasteiger partial charge in [0.05, 0.1) is 12.7 Å². The van der Waals surface area contributed by atoms with Crippen LogP contribution in [-0.2, 0) is 0 Å². The molecule has 13 heavy (non-hydrogen) atoms. The van der Waals surface area contributed by atoms with Crippen molar-refractivity contribution in [1.29, 1.82) is 0 Å². The zero-order chi connectivity index (χ0) is 10.4. The lowest BCUT2D eigenvalue weighted by Crippen LogP contribution is -2.48. The van der Waals surface area contributed by atoms with Crippen LogP contribution < -0.4 is 5.32 Å². The first-order valence-corrected chi connectivity index (χ1v) is 4.02. The van der Waals surface area contributed by atoms with Crippen molar-refractivity contribution in [3.63, 3.8) is 0 Å². The predicted molar refractivity (Wildman–Crippen MR) is 45.0 cm³/mol. The molecule has 0 bridgehead atoms. The number of aliphatic hydroxyl groups is 5. The standard InChI is InChI=1S/C7H17NO5/c1-8-2-4(10)6(12)7(13)5(11)3-9/h4-13H,2-3H2,1H3/t4?,5?,6-,7+/m0/s1. The predicted octanol–water partition coefficient (Wildman–Crippen LogP) is -3.36. The molecule has 0 aromatic heterocycles. The number of rotatable bonds is 6. The highest BCUT2D eigenvalue weighted by molar-refractivity contribution is 4.81. The molecule has 6 nitrogen and oxygen atoms in total. The molecule has 0 aliphatic heterocycles. The SMILES string of the molecule is CNCC(O)[C@H](O)[C@H](O)C(O)CO.